The van der Waals surface area contributed by atoms with Crippen LogP contribution in [0.3, 0.4) is 0 Å². The maximum absolute atomic E-state index is 12.7. The van der Waals surface area contributed by atoms with E-state index in [0.29, 0.717) is 11.8 Å². The first kappa shape index (κ1) is 17.8. The van der Waals surface area contributed by atoms with Crippen molar-refractivity contribution in [3.63, 3.8) is 0 Å². The van der Waals surface area contributed by atoms with Gasteiger partial charge in [0.05, 0.1) is 16.4 Å². The van der Waals surface area contributed by atoms with E-state index in [9.17, 15) is 4.79 Å². The number of ether oxygens (including phenoxy) is 1. The van der Waals surface area contributed by atoms with Gasteiger partial charge in [-0.1, -0.05) is 6.92 Å². The summed E-state index contributed by atoms with van der Waals surface area (Å²) in [6.45, 7) is 6.01. The average Bonchev–Trinajstić information content (AvgIpc) is 2.62. The quantitative estimate of drug-likeness (QED) is 0.674. The number of pyridine rings is 1. The third-order valence-electron chi connectivity index (χ3n) is 5.30. The van der Waals surface area contributed by atoms with E-state index in [0.717, 1.165) is 61.4 Å². The summed E-state index contributed by atoms with van der Waals surface area (Å²) in [5, 5.41) is 0. The van der Waals surface area contributed by atoms with Crippen molar-refractivity contribution in [3.8, 4) is 5.88 Å². The average molecular weight is 443 g/mol. The van der Waals surface area contributed by atoms with Crippen LogP contribution in [0.1, 0.15) is 32.6 Å². The van der Waals surface area contributed by atoms with Crippen molar-refractivity contribution in [1.29, 1.82) is 0 Å². The number of rotatable bonds is 3. The van der Waals surface area contributed by atoms with Crippen LogP contribution in [0.5, 0.6) is 5.88 Å². The van der Waals surface area contributed by atoms with Gasteiger partial charge in [-0.05, 0) is 54.2 Å². The summed E-state index contributed by atoms with van der Waals surface area (Å²) < 4.78 is 6.37. The van der Waals surface area contributed by atoms with E-state index < -0.39 is 0 Å². The van der Waals surface area contributed by atoms with E-state index in [-0.39, 0.29) is 5.92 Å². The second-order valence-electron chi connectivity index (χ2n) is 6.95. The highest BCUT2D eigenvalue weighted by molar-refractivity contribution is 14.1. The number of halogens is 1. The van der Waals surface area contributed by atoms with Crippen LogP contribution in [0.15, 0.2) is 12.3 Å². The molecule has 1 aromatic heterocycles. The highest BCUT2D eigenvalue weighted by Gasteiger charge is 2.30. The molecule has 2 aliphatic rings. The molecule has 0 radical (unpaired) electrons. The van der Waals surface area contributed by atoms with Gasteiger partial charge in [0.15, 0.2) is 0 Å². The van der Waals surface area contributed by atoms with Crippen molar-refractivity contribution in [2.24, 2.45) is 11.8 Å². The first-order chi connectivity index (χ1) is 11.6. The van der Waals surface area contributed by atoms with E-state index in [1.54, 1.807) is 7.11 Å². The Morgan fingerprint density at radius 1 is 1.21 bits per heavy atom. The van der Waals surface area contributed by atoms with Crippen molar-refractivity contribution in [1.82, 2.24) is 9.88 Å². The molecule has 2 saturated heterocycles. The van der Waals surface area contributed by atoms with E-state index in [1.165, 1.54) is 5.69 Å². The summed E-state index contributed by atoms with van der Waals surface area (Å²) in [5.41, 5.74) is 1.17. The SMILES string of the molecule is COc1cc(N2CCC(C(=O)N3CCC(C)CC3)CC2)c(I)cn1. The Hall–Kier alpha value is -1.05. The summed E-state index contributed by atoms with van der Waals surface area (Å²) in [6, 6.07) is 2.00. The van der Waals surface area contributed by atoms with Crippen molar-refractivity contribution in [2.45, 2.75) is 32.6 Å². The van der Waals surface area contributed by atoms with Gasteiger partial charge in [-0.3, -0.25) is 4.79 Å². The number of carbonyl (C=O) groups is 1. The zero-order valence-electron chi connectivity index (χ0n) is 14.5. The van der Waals surface area contributed by atoms with Crippen LogP contribution in [0, 0.1) is 15.4 Å². The largest absolute Gasteiger partial charge is 0.481 e. The monoisotopic (exact) mass is 443 g/mol. The minimum atomic E-state index is 0.191. The van der Waals surface area contributed by atoms with Crippen molar-refractivity contribution in [2.75, 3.05) is 38.2 Å². The number of carbonyl (C=O) groups excluding carboxylic acids is 1. The summed E-state index contributed by atoms with van der Waals surface area (Å²) in [7, 11) is 1.64. The molecule has 2 aliphatic heterocycles. The van der Waals surface area contributed by atoms with Crippen LogP contribution >= 0.6 is 22.6 Å². The fraction of sp³-hybridized carbons (Fsp3) is 0.667. The number of likely N-dealkylation sites (tertiary alicyclic amines) is 1. The van der Waals surface area contributed by atoms with Crippen molar-refractivity contribution in [3.05, 3.63) is 15.8 Å². The molecule has 0 bridgehead atoms. The maximum Gasteiger partial charge on any atom is 0.225 e. The van der Waals surface area contributed by atoms with Crippen LogP contribution in [-0.2, 0) is 4.79 Å². The Labute approximate surface area is 157 Å². The Morgan fingerprint density at radius 3 is 2.50 bits per heavy atom. The number of anilines is 1. The number of hydrogen-bond donors (Lipinski definition) is 0. The molecule has 0 N–H and O–H groups in total. The summed E-state index contributed by atoms with van der Waals surface area (Å²) >= 11 is 2.32. The van der Waals surface area contributed by atoms with E-state index >= 15 is 0 Å². The molecule has 0 spiro atoms. The van der Waals surface area contributed by atoms with Gasteiger partial charge in [-0.25, -0.2) is 4.98 Å². The van der Waals surface area contributed by atoms with Crippen LogP contribution in [-0.4, -0.2) is 49.1 Å². The Kier molecular flexibility index (Phi) is 5.84. The minimum absolute atomic E-state index is 0.191. The molecule has 1 aromatic rings. The molecule has 0 saturated carbocycles. The molecule has 3 rings (SSSR count). The normalized spacial score (nSPS) is 20.3. The Bertz CT molecular complexity index is 580. The number of amides is 1. The van der Waals surface area contributed by atoms with E-state index in [2.05, 4.69) is 44.3 Å². The van der Waals surface area contributed by atoms with Gasteiger partial charge in [-0.15, -0.1) is 0 Å². The summed E-state index contributed by atoms with van der Waals surface area (Å²) in [6.07, 6.45) is 6.03. The summed E-state index contributed by atoms with van der Waals surface area (Å²) in [5.74, 6) is 1.98. The molecular weight excluding hydrogens is 417 g/mol. The molecule has 0 aromatic carbocycles. The Balaban J connectivity index is 1.58. The standard InChI is InChI=1S/C18H26IN3O2/c1-13-3-7-22(8-4-13)18(23)14-5-9-21(10-6-14)16-11-17(24-2)20-12-15(16)19/h11-14H,3-10H2,1-2H3. The molecule has 0 atom stereocenters. The lowest BCUT2D eigenvalue weighted by Crippen LogP contribution is -2.45. The zero-order chi connectivity index (χ0) is 17.1. The Morgan fingerprint density at radius 2 is 1.88 bits per heavy atom. The molecule has 6 heteroatoms. The lowest BCUT2D eigenvalue weighted by molar-refractivity contribution is -0.137. The van der Waals surface area contributed by atoms with Gasteiger partial charge in [0, 0.05) is 44.4 Å². The third-order valence-corrected chi connectivity index (χ3v) is 6.13. The first-order valence-electron chi connectivity index (χ1n) is 8.81. The van der Waals surface area contributed by atoms with Crippen molar-refractivity contribution >= 4 is 34.2 Å². The second-order valence-corrected chi connectivity index (χ2v) is 8.11. The molecule has 24 heavy (non-hydrogen) atoms. The van der Waals surface area contributed by atoms with Crippen LogP contribution in [0.4, 0.5) is 5.69 Å². The molecule has 1 amide bonds. The van der Waals surface area contributed by atoms with Gasteiger partial charge >= 0.3 is 0 Å². The lowest BCUT2D eigenvalue weighted by atomic mass is 9.92. The van der Waals surface area contributed by atoms with Gasteiger partial charge < -0.3 is 14.5 Å². The number of hydrogen-bond acceptors (Lipinski definition) is 4. The second kappa shape index (κ2) is 7.89. The highest BCUT2D eigenvalue weighted by Crippen LogP contribution is 2.30. The van der Waals surface area contributed by atoms with Crippen LogP contribution < -0.4 is 9.64 Å². The minimum Gasteiger partial charge on any atom is -0.481 e. The van der Waals surface area contributed by atoms with E-state index in [4.69, 9.17) is 4.74 Å². The number of methoxy groups -OCH3 is 1. The van der Waals surface area contributed by atoms with Gasteiger partial charge in [0.25, 0.3) is 0 Å². The molecule has 5 nitrogen and oxygen atoms in total. The first-order valence-corrected chi connectivity index (χ1v) is 9.89. The molecule has 132 valence electrons. The number of piperidine rings is 2. The molecule has 3 heterocycles. The van der Waals surface area contributed by atoms with Gasteiger partial charge in [0.1, 0.15) is 0 Å². The van der Waals surface area contributed by atoms with Crippen LogP contribution in [0.2, 0.25) is 0 Å². The lowest BCUT2D eigenvalue weighted by Gasteiger charge is -2.37. The number of aromatic nitrogens is 1. The third kappa shape index (κ3) is 3.95. The molecule has 2 fully saturated rings. The van der Waals surface area contributed by atoms with Gasteiger partial charge in [-0.2, -0.15) is 0 Å². The molecular formula is C18H26IN3O2. The fourth-order valence-corrected chi connectivity index (χ4v) is 4.25. The molecule has 0 aliphatic carbocycles. The molecule has 0 unspecified atom stereocenters. The van der Waals surface area contributed by atoms with E-state index in [1.807, 2.05) is 12.3 Å². The highest BCUT2D eigenvalue weighted by atomic mass is 127. The number of nitrogens with zero attached hydrogens (tertiary/aromatic N) is 3. The maximum atomic E-state index is 12.7. The smallest absolute Gasteiger partial charge is 0.225 e. The summed E-state index contributed by atoms with van der Waals surface area (Å²) in [4.78, 5) is 21.4. The fourth-order valence-electron chi connectivity index (χ4n) is 3.62. The van der Waals surface area contributed by atoms with Crippen molar-refractivity contribution < 1.29 is 9.53 Å². The van der Waals surface area contributed by atoms with Crippen LogP contribution in [0.25, 0.3) is 0 Å². The topological polar surface area (TPSA) is 45.7 Å². The predicted molar refractivity (Wildman–Crippen MR) is 103 cm³/mol. The zero-order valence-corrected chi connectivity index (χ0v) is 16.7. The van der Waals surface area contributed by atoms with Gasteiger partial charge in [0.2, 0.25) is 11.8 Å². The predicted octanol–water partition coefficient (Wildman–Crippen LogP) is 3.17.